The Labute approximate surface area is 155 Å². The van der Waals surface area contributed by atoms with E-state index in [4.69, 9.17) is 9.15 Å². The Balaban J connectivity index is 1.63. The summed E-state index contributed by atoms with van der Waals surface area (Å²) in [5, 5.41) is 13.4. The molecule has 27 heavy (non-hydrogen) atoms. The van der Waals surface area contributed by atoms with Gasteiger partial charge in [0.25, 0.3) is 5.91 Å². The van der Waals surface area contributed by atoms with Crippen LogP contribution in [0, 0.1) is 0 Å². The molecule has 1 aromatic heterocycles. The van der Waals surface area contributed by atoms with Gasteiger partial charge in [-0.15, -0.1) is 5.10 Å². The second-order valence-corrected chi connectivity index (χ2v) is 5.44. The highest BCUT2D eigenvalue weighted by molar-refractivity contribution is 5.96. The standard InChI is InChI=1S/C19H18N4O4/c1-2-26-18(25)14-10-6-7-11-15(14)21-19-23-22-16(27-19)12-20-17(24)13-8-4-3-5-9-13/h3-11H,2,12H2,1H3,(H,20,24)(H,21,23). The number of benzene rings is 2. The lowest BCUT2D eigenvalue weighted by molar-refractivity contribution is 0.0527. The van der Waals surface area contributed by atoms with E-state index >= 15 is 0 Å². The lowest BCUT2D eigenvalue weighted by atomic mass is 10.2. The summed E-state index contributed by atoms with van der Waals surface area (Å²) in [7, 11) is 0. The summed E-state index contributed by atoms with van der Waals surface area (Å²) in [5.41, 5.74) is 1.38. The number of para-hydroxylation sites is 1. The fourth-order valence-electron chi connectivity index (χ4n) is 2.32. The van der Waals surface area contributed by atoms with Crippen molar-refractivity contribution in [1.82, 2.24) is 15.5 Å². The van der Waals surface area contributed by atoms with Crippen LogP contribution in [0.1, 0.15) is 33.5 Å². The van der Waals surface area contributed by atoms with Crippen molar-refractivity contribution in [2.45, 2.75) is 13.5 Å². The van der Waals surface area contributed by atoms with Crippen molar-refractivity contribution in [1.29, 1.82) is 0 Å². The molecule has 3 rings (SSSR count). The van der Waals surface area contributed by atoms with E-state index in [0.717, 1.165) is 0 Å². The third kappa shape index (κ3) is 4.69. The van der Waals surface area contributed by atoms with Crippen LogP contribution in [0.3, 0.4) is 0 Å². The SMILES string of the molecule is CCOC(=O)c1ccccc1Nc1nnc(CNC(=O)c2ccccc2)o1. The molecule has 0 atom stereocenters. The minimum Gasteiger partial charge on any atom is -0.462 e. The first-order valence-corrected chi connectivity index (χ1v) is 8.36. The van der Waals surface area contributed by atoms with Gasteiger partial charge < -0.3 is 19.8 Å². The number of ether oxygens (including phenoxy) is 1. The van der Waals surface area contributed by atoms with Crippen LogP contribution in [0.15, 0.2) is 59.0 Å². The van der Waals surface area contributed by atoms with Crippen LogP contribution in [0.25, 0.3) is 0 Å². The molecule has 0 unspecified atom stereocenters. The first-order valence-electron chi connectivity index (χ1n) is 8.36. The van der Waals surface area contributed by atoms with Gasteiger partial charge in [-0.05, 0) is 31.2 Å². The van der Waals surface area contributed by atoms with Crippen LogP contribution in [-0.4, -0.2) is 28.7 Å². The first-order chi connectivity index (χ1) is 13.2. The van der Waals surface area contributed by atoms with E-state index in [1.807, 2.05) is 6.07 Å². The van der Waals surface area contributed by atoms with Crippen molar-refractivity contribution in [2.24, 2.45) is 0 Å². The first kappa shape index (κ1) is 18.1. The molecule has 1 amide bonds. The molecule has 0 saturated heterocycles. The van der Waals surface area contributed by atoms with Crippen molar-refractivity contribution in [3.8, 4) is 0 Å². The number of carbonyl (C=O) groups is 2. The molecule has 3 aromatic rings. The normalized spacial score (nSPS) is 10.3. The van der Waals surface area contributed by atoms with Gasteiger partial charge >= 0.3 is 12.0 Å². The molecule has 0 aliphatic heterocycles. The quantitative estimate of drug-likeness (QED) is 0.619. The molecule has 8 heteroatoms. The van der Waals surface area contributed by atoms with Gasteiger partial charge in [0, 0.05) is 5.56 Å². The van der Waals surface area contributed by atoms with E-state index in [2.05, 4.69) is 20.8 Å². The minimum absolute atomic E-state index is 0.0852. The van der Waals surface area contributed by atoms with Crippen molar-refractivity contribution >= 4 is 23.6 Å². The maximum Gasteiger partial charge on any atom is 0.340 e. The Hall–Kier alpha value is -3.68. The molecule has 0 aliphatic rings. The zero-order valence-electron chi connectivity index (χ0n) is 14.6. The molecule has 0 aliphatic carbocycles. The molecule has 138 valence electrons. The second kappa shape index (κ2) is 8.61. The molecular weight excluding hydrogens is 348 g/mol. The summed E-state index contributed by atoms with van der Waals surface area (Å²) in [4.78, 5) is 24.0. The largest absolute Gasteiger partial charge is 0.462 e. The summed E-state index contributed by atoms with van der Waals surface area (Å²) in [6, 6.07) is 15.8. The van der Waals surface area contributed by atoms with Gasteiger partial charge in [0.05, 0.1) is 24.4 Å². The highest BCUT2D eigenvalue weighted by Gasteiger charge is 2.15. The van der Waals surface area contributed by atoms with Gasteiger partial charge in [0.2, 0.25) is 5.89 Å². The Morgan fingerprint density at radius 1 is 1.04 bits per heavy atom. The Bertz CT molecular complexity index is 924. The van der Waals surface area contributed by atoms with Crippen LogP contribution in [0.4, 0.5) is 11.7 Å². The molecule has 1 heterocycles. The van der Waals surface area contributed by atoms with Crippen LogP contribution in [0.5, 0.6) is 0 Å². The van der Waals surface area contributed by atoms with Crippen LogP contribution in [0.2, 0.25) is 0 Å². The monoisotopic (exact) mass is 366 g/mol. The van der Waals surface area contributed by atoms with Gasteiger partial charge in [-0.25, -0.2) is 4.79 Å². The fourth-order valence-corrected chi connectivity index (χ4v) is 2.32. The summed E-state index contributed by atoms with van der Waals surface area (Å²) < 4.78 is 10.5. The number of amides is 1. The second-order valence-electron chi connectivity index (χ2n) is 5.44. The molecular formula is C19H18N4O4. The van der Waals surface area contributed by atoms with E-state index in [1.54, 1.807) is 55.5 Å². The van der Waals surface area contributed by atoms with Crippen LogP contribution >= 0.6 is 0 Å². The van der Waals surface area contributed by atoms with Crippen molar-refractivity contribution in [2.75, 3.05) is 11.9 Å². The number of hydrogen-bond acceptors (Lipinski definition) is 7. The van der Waals surface area contributed by atoms with E-state index < -0.39 is 5.97 Å². The number of anilines is 2. The van der Waals surface area contributed by atoms with Gasteiger partial charge in [-0.3, -0.25) is 4.79 Å². The maximum absolute atomic E-state index is 12.0. The Kier molecular flexibility index (Phi) is 5.78. The highest BCUT2D eigenvalue weighted by atomic mass is 16.5. The molecule has 8 nitrogen and oxygen atoms in total. The molecule has 0 radical (unpaired) electrons. The third-order valence-corrected chi connectivity index (χ3v) is 3.57. The number of aromatic nitrogens is 2. The smallest absolute Gasteiger partial charge is 0.340 e. The number of nitrogens with one attached hydrogen (secondary N) is 2. The van der Waals surface area contributed by atoms with Gasteiger partial charge in [0.15, 0.2) is 0 Å². The van der Waals surface area contributed by atoms with Crippen LogP contribution in [-0.2, 0) is 11.3 Å². The minimum atomic E-state index is -0.449. The molecule has 0 bridgehead atoms. The Morgan fingerprint density at radius 2 is 1.78 bits per heavy atom. The zero-order chi connectivity index (χ0) is 19.1. The van der Waals surface area contributed by atoms with Gasteiger partial charge in [-0.2, -0.15) is 0 Å². The third-order valence-electron chi connectivity index (χ3n) is 3.57. The van der Waals surface area contributed by atoms with Gasteiger partial charge in [-0.1, -0.05) is 35.4 Å². The van der Waals surface area contributed by atoms with Crippen molar-refractivity contribution in [3.63, 3.8) is 0 Å². The van der Waals surface area contributed by atoms with E-state index in [0.29, 0.717) is 16.8 Å². The summed E-state index contributed by atoms with van der Waals surface area (Å²) in [5.74, 6) is -0.457. The summed E-state index contributed by atoms with van der Waals surface area (Å²) in [6.07, 6.45) is 0. The van der Waals surface area contributed by atoms with E-state index in [9.17, 15) is 9.59 Å². The average molecular weight is 366 g/mol. The van der Waals surface area contributed by atoms with Gasteiger partial charge in [0.1, 0.15) is 0 Å². The maximum atomic E-state index is 12.0. The number of esters is 1. The number of hydrogen-bond donors (Lipinski definition) is 2. The number of carbonyl (C=O) groups excluding carboxylic acids is 2. The predicted octanol–water partition coefficient (Wildman–Crippen LogP) is 2.92. The number of rotatable bonds is 7. The summed E-state index contributed by atoms with van der Waals surface area (Å²) in [6.45, 7) is 2.10. The van der Waals surface area contributed by atoms with E-state index in [-0.39, 0.29) is 31.0 Å². The topological polar surface area (TPSA) is 106 Å². The Morgan fingerprint density at radius 3 is 2.56 bits per heavy atom. The average Bonchev–Trinajstić information content (AvgIpc) is 3.15. The lowest BCUT2D eigenvalue weighted by Crippen LogP contribution is -2.22. The predicted molar refractivity (Wildman–Crippen MR) is 97.6 cm³/mol. The summed E-state index contributed by atoms with van der Waals surface area (Å²) >= 11 is 0. The fraction of sp³-hybridized carbons (Fsp3) is 0.158. The molecule has 2 N–H and O–H groups in total. The molecule has 2 aromatic carbocycles. The molecule has 0 fully saturated rings. The zero-order valence-corrected chi connectivity index (χ0v) is 14.6. The lowest BCUT2D eigenvalue weighted by Gasteiger charge is -2.08. The molecule has 0 saturated carbocycles. The van der Waals surface area contributed by atoms with Crippen molar-refractivity contribution in [3.05, 3.63) is 71.6 Å². The van der Waals surface area contributed by atoms with E-state index in [1.165, 1.54) is 0 Å². The van der Waals surface area contributed by atoms with Crippen molar-refractivity contribution < 1.29 is 18.7 Å². The van der Waals surface area contributed by atoms with Crippen LogP contribution < -0.4 is 10.6 Å². The number of nitrogens with zero attached hydrogens (tertiary/aromatic N) is 2. The molecule has 0 spiro atoms. The highest BCUT2D eigenvalue weighted by Crippen LogP contribution is 2.21.